The molecule has 2 aliphatic rings. The minimum Gasteiger partial charge on any atom is -0.309 e. The quantitative estimate of drug-likeness (QED) is 0.131. The van der Waals surface area contributed by atoms with E-state index < -0.39 is 5.41 Å². The van der Waals surface area contributed by atoms with Crippen LogP contribution in [-0.2, 0) is 5.41 Å². The smallest absolute Gasteiger partial charge is 0.0625 e. The number of rotatable bonds is 9. The van der Waals surface area contributed by atoms with Gasteiger partial charge in [-0.2, -0.15) is 0 Å². The molecule has 1 nitrogen and oxygen atoms in total. The highest BCUT2D eigenvalue weighted by Crippen LogP contribution is 2.61. The van der Waals surface area contributed by atoms with Gasteiger partial charge in [-0.3, -0.25) is 0 Å². The van der Waals surface area contributed by atoms with Gasteiger partial charge in [-0.1, -0.05) is 261 Å². The number of nitrogens with zero attached hydrogens (tertiary/aromatic N) is 1. The highest BCUT2D eigenvalue weighted by atomic mass is 15.1. The van der Waals surface area contributed by atoms with Crippen molar-refractivity contribution in [1.82, 2.24) is 0 Å². The molecule has 0 aliphatic heterocycles. The average Bonchev–Trinajstić information content (AvgIpc) is 3.75. The lowest BCUT2D eigenvalue weighted by Crippen LogP contribution is -2.35. The molecule has 0 aromatic heterocycles. The van der Waals surface area contributed by atoms with Gasteiger partial charge < -0.3 is 4.90 Å². The van der Waals surface area contributed by atoms with Crippen LogP contribution in [0, 0.1) is 5.92 Å². The van der Waals surface area contributed by atoms with Gasteiger partial charge in [0.1, 0.15) is 0 Å². The summed E-state index contributed by atoms with van der Waals surface area (Å²) >= 11 is 0. The molecule has 0 saturated heterocycles. The second-order valence-electron chi connectivity index (χ2n) is 18.7. The summed E-state index contributed by atoms with van der Waals surface area (Å²) in [4.78, 5) is 2.57. The van der Waals surface area contributed by atoms with Gasteiger partial charge in [0.05, 0.1) is 11.1 Å². The Kier molecular flexibility index (Phi) is 10.3. The Labute approximate surface area is 410 Å². The molecule has 70 heavy (non-hydrogen) atoms. The molecule has 0 saturated carbocycles. The zero-order chi connectivity index (χ0) is 46.4. The van der Waals surface area contributed by atoms with Gasteiger partial charge in [0.25, 0.3) is 0 Å². The molecule has 13 rings (SSSR count). The van der Waals surface area contributed by atoms with Gasteiger partial charge >= 0.3 is 0 Å². The predicted molar refractivity (Wildman–Crippen MR) is 295 cm³/mol. The first kappa shape index (κ1) is 41.4. The van der Waals surface area contributed by atoms with Gasteiger partial charge in [0.15, 0.2) is 0 Å². The summed E-state index contributed by atoms with van der Waals surface area (Å²) in [5.74, 6) is 0.338. The van der Waals surface area contributed by atoms with Gasteiger partial charge in [-0.15, -0.1) is 0 Å². The van der Waals surface area contributed by atoms with Crippen molar-refractivity contribution in [3.05, 3.63) is 307 Å². The van der Waals surface area contributed by atoms with Crippen LogP contribution in [0.2, 0.25) is 0 Å². The van der Waals surface area contributed by atoms with Crippen LogP contribution in [0.15, 0.2) is 285 Å². The number of benzene rings is 11. The molecular weight excluding hydrogens is 843 g/mol. The number of fused-ring (bicyclic) bond motifs is 6. The highest BCUT2D eigenvalue weighted by Gasteiger charge is 2.53. The van der Waals surface area contributed by atoms with E-state index in [0.29, 0.717) is 0 Å². The van der Waals surface area contributed by atoms with Crippen molar-refractivity contribution in [2.75, 3.05) is 4.90 Å². The predicted octanol–water partition coefficient (Wildman–Crippen LogP) is 18.3. The van der Waals surface area contributed by atoms with Crippen LogP contribution in [-0.4, -0.2) is 0 Å². The fourth-order valence-electron chi connectivity index (χ4n) is 12.1. The summed E-state index contributed by atoms with van der Waals surface area (Å²) < 4.78 is 0. The Morgan fingerprint density at radius 2 is 0.757 bits per heavy atom. The normalized spacial score (nSPS) is 15.4. The molecule has 2 unspecified atom stereocenters. The van der Waals surface area contributed by atoms with Gasteiger partial charge in [-0.05, 0) is 102 Å². The number of hydrogen-bond donors (Lipinski definition) is 0. The van der Waals surface area contributed by atoms with E-state index in [0.717, 1.165) is 17.1 Å². The summed E-state index contributed by atoms with van der Waals surface area (Å²) in [6.07, 6.45) is 9.42. The van der Waals surface area contributed by atoms with Crippen LogP contribution in [0.4, 0.5) is 17.1 Å². The lowest BCUT2D eigenvalue weighted by molar-refractivity contribution is 0.456. The van der Waals surface area contributed by atoms with Crippen LogP contribution >= 0.6 is 0 Å². The minimum atomic E-state index is -0.392. The van der Waals surface area contributed by atoms with E-state index in [-0.39, 0.29) is 11.8 Å². The van der Waals surface area contributed by atoms with Crippen molar-refractivity contribution in [3.8, 4) is 44.5 Å². The highest BCUT2D eigenvalue weighted by molar-refractivity contribution is 6.23. The monoisotopic (exact) mass is 891 g/mol. The zero-order valence-corrected chi connectivity index (χ0v) is 38.7. The standard InChI is InChI=1S/C69H49N/c1-5-23-48(24-6-1)55-31-13-14-32-56(55)50-41-43-53(44-42-50)70(54-45-46-66-64(47-54)60-36-21-22-40-65(60)69(66,51-27-9-3-10-28-51)52-29-11-4-12-30-52)68-63-39-20-17-35-59(63)58-34-16-19-38-62(58)67(68)61-37-18-15-33-57(61)49-25-7-2-8-26-49/h1-47,60,65H. The molecule has 2 atom stereocenters. The van der Waals surface area contributed by atoms with E-state index in [4.69, 9.17) is 0 Å². The molecule has 2 aliphatic carbocycles. The summed E-state index contributed by atoms with van der Waals surface area (Å²) in [7, 11) is 0. The third-order valence-corrected chi connectivity index (χ3v) is 15.0. The van der Waals surface area contributed by atoms with Crippen LogP contribution in [0.1, 0.15) is 28.2 Å². The van der Waals surface area contributed by atoms with Crippen molar-refractivity contribution in [3.63, 3.8) is 0 Å². The summed E-state index contributed by atoms with van der Waals surface area (Å²) in [5, 5.41) is 4.87. The Hall–Kier alpha value is -8.78. The molecule has 330 valence electrons. The Morgan fingerprint density at radius 3 is 1.34 bits per heavy atom. The molecule has 0 bridgehead atoms. The maximum Gasteiger partial charge on any atom is 0.0625 e. The molecule has 1 heteroatoms. The van der Waals surface area contributed by atoms with Crippen LogP contribution in [0.5, 0.6) is 0 Å². The average molecular weight is 892 g/mol. The molecule has 0 heterocycles. The molecule has 0 spiro atoms. The first-order valence-electron chi connectivity index (χ1n) is 24.5. The summed E-state index contributed by atoms with van der Waals surface area (Å²) in [5.41, 5.74) is 17.9. The van der Waals surface area contributed by atoms with E-state index in [1.807, 2.05) is 0 Å². The molecule has 11 aromatic rings. The third-order valence-electron chi connectivity index (χ3n) is 15.0. The second-order valence-corrected chi connectivity index (χ2v) is 18.7. The fraction of sp³-hybridized carbons (Fsp3) is 0.0435. The maximum atomic E-state index is 2.57. The fourth-order valence-corrected chi connectivity index (χ4v) is 12.1. The molecule has 0 fully saturated rings. The first-order chi connectivity index (χ1) is 34.8. The molecule has 0 amide bonds. The van der Waals surface area contributed by atoms with Crippen molar-refractivity contribution in [2.45, 2.75) is 11.3 Å². The number of hydrogen-bond acceptors (Lipinski definition) is 1. The molecular formula is C69H49N. The van der Waals surface area contributed by atoms with Crippen LogP contribution in [0.25, 0.3) is 66.1 Å². The van der Waals surface area contributed by atoms with E-state index in [1.54, 1.807) is 0 Å². The first-order valence-corrected chi connectivity index (χ1v) is 24.5. The van der Waals surface area contributed by atoms with Gasteiger partial charge in [-0.25, -0.2) is 0 Å². The van der Waals surface area contributed by atoms with Crippen molar-refractivity contribution < 1.29 is 0 Å². The Morgan fingerprint density at radius 1 is 0.329 bits per heavy atom. The van der Waals surface area contributed by atoms with E-state index >= 15 is 0 Å². The topological polar surface area (TPSA) is 3.24 Å². The van der Waals surface area contributed by atoms with Crippen molar-refractivity contribution in [1.29, 1.82) is 0 Å². The summed E-state index contributed by atoms with van der Waals surface area (Å²) in [6.45, 7) is 0. The third kappa shape index (κ3) is 6.69. The molecule has 0 radical (unpaired) electrons. The van der Waals surface area contributed by atoms with Crippen LogP contribution < -0.4 is 4.90 Å². The number of anilines is 3. The largest absolute Gasteiger partial charge is 0.309 e. The van der Waals surface area contributed by atoms with E-state index in [9.17, 15) is 0 Å². The van der Waals surface area contributed by atoms with Crippen molar-refractivity contribution in [2.24, 2.45) is 5.92 Å². The Bertz CT molecular complexity index is 3720. The molecule has 0 N–H and O–H groups in total. The van der Waals surface area contributed by atoms with E-state index in [2.05, 4.69) is 290 Å². The summed E-state index contributed by atoms with van der Waals surface area (Å²) in [6, 6.07) is 96.5. The SMILES string of the molecule is C1=CC2c3cc(N(c4ccc(-c5ccccc5-c5ccccc5)cc4)c4c(-c5ccccc5-c5ccccc5)c5ccccc5c5ccccc45)ccc3C(c3ccccc3)(c3ccccc3)C2C=C1. The maximum absolute atomic E-state index is 2.57. The van der Waals surface area contributed by atoms with E-state index in [1.165, 1.54) is 88.3 Å². The van der Waals surface area contributed by atoms with Gasteiger partial charge in [0.2, 0.25) is 0 Å². The zero-order valence-electron chi connectivity index (χ0n) is 38.7. The van der Waals surface area contributed by atoms with Gasteiger partial charge in [0, 0.05) is 34.2 Å². The lowest BCUT2D eigenvalue weighted by atomic mass is 9.63. The molecule has 11 aromatic carbocycles. The van der Waals surface area contributed by atoms with Crippen molar-refractivity contribution >= 4 is 38.6 Å². The Balaban J connectivity index is 1.11. The second kappa shape index (κ2) is 17.4. The lowest BCUT2D eigenvalue weighted by Gasteiger charge is -2.38. The van der Waals surface area contributed by atoms with Crippen LogP contribution in [0.3, 0.4) is 0 Å². The number of allylic oxidation sites excluding steroid dienone is 4. The minimum absolute atomic E-state index is 0.158.